The molecule has 1 N–H and O–H groups in total. The van der Waals surface area contributed by atoms with E-state index in [0.29, 0.717) is 6.61 Å². The molecular formula is C16H26N2O2. The number of nitrogens with one attached hydrogen (secondary N) is 1. The Kier molecular flexibility index (Phi) is 5.26. The van der Waals surface area contributed by atoms with E-state index in [2.05, 4.69) is 24.1 Å². The average molecular weight is 278 g/mol. The van der Waals surface area contributed by atoms with Gasteiger partial charge in [0.1, 0.15) is 18.1 Å². The molecule has 0 bridgehead atoms. The Labute approximate surface area is 122 Å². The minimum Gasteiger partial charge on any atom is -0.494 e. The molecule has 0 radical (unpaired) electrons. The molecule has 2 rings (SSSR count). The first-order valence-electron chi connectivity index (χ1n) is 7.43. The number of piperazine rings is 1. The number of benzene rings is 1. The van der Waals surface area contributed by atoms with E-state index in [4.69, 9.17) is 9.47 Å². The van der Waals surface area contributed by atoms with Gasteiger partial charge in [-0.3, -0.25) is 4.90 Å². The second-order valence-electron chi connectivity index (χ2n) is 5.73. The molecule has 0 atom stereocenters. The number of ether oxygens (including phenoxy) is 2. The van der Waals surface area contributed by atoms with Crippen molar-refractivity contribution in [1.29, 1.82) is 0 Å². The fourth-order valence-electron chi connectivity index (χ4n) is 2.51. The second kappa shape index (κ2) is 6.95. The fraction of sp³-hybridized carbons (Fsp3) is 0.625. The lowest BCUT2D eigenvalue weighted by Gasteiger charge is -2.42. The Bertz CT molecular complexity index is 403. The minimum absolute atomic E-state index is 0.209. The summed E-state index contributed by atoms with van der Waals surface area (Å²) in [5, 5.41) is 3.43. The summed E-state index contributed by atoms with van der Waals surface area (Å²) in [5.74, 6) is 1.80. The van der Waals surface area contributed by atoms with Gasteiger partial charge in [-0.1, -0.05) is 0 Å². The van der Waals surface area contributed by atoms with Crippen LogP contribution in [0.4, 0.5) is 0 Å². The minimum atomic E-state index is 0.209. The van der Waals surface area contributed by atoms with Gasteiger partial charge in [-0.2, -0.15) is 0 Å². The van der Waals surface area contributed by atoms with E-state index in [1.54, 1.807) is 0 Å². The fourth-order valence-corrected chi connectivity index (χ4v) is 2.51. The van der Waals surface area contributed by atoms with Crippen molar-refractivity contribution in [2.24, 2.45) is 0 Å². The highest BCUT2D eigenvalue weighted by atomic mass is 16.5. The Morgan fingerprint density at radius 2 is 1.80 bits per heavy atom. The number of hydrogen-bond acceptors (Lipinski definition) is 4. The normalized spacial score (nSPS) is 18.8. The molecule has 1 aromatic carbocycles. The maximum atomic E-state index is 5.82. The van der Waals surface area contributed by atoms with Crippen molar-refractivity contribution in [2.75, 3.05) is 39.4 Å². The van der Waals surface area contributed by atoms with E-state index in [0.717, 1.165) is 44.3 Å². The highest BCUT2D eigenvalue weighted by molar-refractivity contribution is 5.31. The number of hydrogen-bond donors (Lipinski definition) is 1. The molecule has 1 aliphatic heterocycles. The summed E-state index contributed by atoms with van der Waals surface area (Å²) >= 11 is 0. The molecule has 4 nitrogen and oxygen atoms in total. The molecule has 0 amide bonds. The van der Waals surface area contributed by atoms with Crippen LogP contribution in [0.5, 0.6) is 11.5 Å². The first kappa shape index (κ1) is 15.1. The third-order valence-electron chi connectivity index (χ3n) is 3.74. The summed E-state index contributed by atoms with van der Waals surface area (Å²) in [6.07, 6.45) is 0. The first-order valence-corrected chi connectivity index (χ1v) is 7.43. The van der Waals surface area contributed by atoms with Gasteiger partial charge in [-0.25, -0.2) is 0 Å². The molecule has 0 unspecified atom stereocenters. The molecular weight excluding hydrogens is 252 g/mol. The van der Waals surface area contributed by atoms with Crippen LogP contribution >= 0.6 is 0 Å². The van der Waals surface area contributed by atoms with E-state index < -0.39 is 0 Å². The molecule has 1 aromatic rings. The van der Waals surface area contributed by atoms with Gasteiger partial charge < -0.3 is 14.8 Å². The van der Waals surface area contributed by atoms with E-state index in [9.17, 15) is 0 Å². The number of rotatable bonds is 6. The Balaban J connectivity index is 1.77. The summed E-state index contributed by atoms with van der Waals surface area (Å²) in [6, 6.07) is 7.84. The van der Waals surface area contributed by atoms with Crippen molar-refractivity contribution < 1.29 is 9.47 Å². The predicted octanol–water partition coefficient (Wildman–Crippen LogP) is 2.15. The third kappa shape index (κ3) is 4.12. The predicted molar refractivity (Wildman–Crippen MR) is 81.6 cm³/mol. The van der Waals surface area contributed by atoms with Crippen LogP contribution in [-0.4, -0.2) is 49.8 Å². The van der Waals surface area contributed by atoms with Crippen LogP contribution in [0.15, 0.2) is 24.3 Å². The monoisotopic (exact) mass is 278 g/mol. The molecule has 4 heteroatoms. The molecule has 112 valence electrons. The van der Waals surface area contributed by atoms with Gasteiger partial charge >= 0.3 is 0 Å². The summed E-state index contributed by atoms with van der Waals surface area (Å²) in [5.41, 5.74) is 0.209. The highest BCUT2D eigenvalue weighted by Crippen LogP contribution is 2.19. The summed E-state index contributed by atoms with van der Waals surface area (Å²) in [6.45, 7) is 12.1. The molecule has 1 saturated heterocycles. The summed E-state index contributed by atoms with van der Waals surface area (Å²) in [4.78, 5) is 2.48. The van der Waals surface area contributed by atoms with E-state index in [1.807, 2.05) is 31.2 Å². The van der Waals surface area contributed by atoms with Gasteiger partial charge in [0.15, 0.2) is 0 Å². The van der Waals surface area contributed by atoms with Crippen LogP contribution in [-0.2, 0) is 0 Å². The molecule has 20 heavy (non-hydrogen) atoms. The third-order valence-corrected chi connectivity index (χ3v) is 3.74. The van der Waals surface area contributed by atoms with Crippen LogP contribution in [0.3, 0.4) is 0 Å². The van der Waals surface area contributed by atoms with Crippen molar-refractivity contribution in [2.45, 2.75) is 26.3 Å². The molecule has 0 aliphatic carbocycles. The molecule has 1 aliphatic rings. The van der Waals surface area contributed by atoms with Gasteiger partial charge in [0, 0.05) is 31.7 Å². The number of nitrogens with zero attached hydrogens (tertiary/aromatic N) is 1. The van der Waals surface area contributed by atoms with Crippen molar-refractivity contribution in [3.05, 3.63) is 24.3 Å². The van der Waals surface area contributed by atoms with Crippen LogP contribution in [0.25, 0.3) is 0 Å². The molecule has 0 saturated carbocycles. The van der Waals surface area contributed by atoms with Gasteiger partial charge in [0.25, 0.3) is 0 Å². The van der Waals surface area contributed by atoms with Gasteiger partial charge in [0.05, 0.1) is 6.61 Å². The van der Waals surface area contributed by atoms with Gasteiger partial charge in [0.2, 0.25) is 0 Å². The van der Waals surface area contributed by atoms with E-state index in [1.165, 1.54) is 0 Å². The second-order valence-corrected chi connectivity index (χ2v) is 5.73. The zero-order valence-corrected chi connectivity index (χ0v) is 12.8. The van der Waals surface area contributed by atoms with Crippen molar-refractivity contribution in [1.82, 2.24) is 10.2 Å². The van der Waals surface area contributed by atoms with Crippen molar-refractivity contribution in [3.8, 4) is 11.5 Å². The maximum Gasteiger partial charge on any atom is 0.119 e. The lowest BCUT2D eigenvalue weighted by Crippen LogP contribution is -2.58. The van der Waals surface area contributed by atoms with Crippen LogP contribution in [0, 0.1) is 0 Å². The van der Waals surface area contributed by atoms with Gasteiger partial charge in [-0.05, 0) is 45.0 Å². The maximum absolute atomic E-state index is 5.82. The topological polar surface area (TPSA) is 33.7 Å². The Morgan fingerprint density at radius 1 is 1.15 bits per heavy atom. The Morgan fingerprint density at radius 3 is 2.40 bits per heavy atom. The van der Waals surface area contributed by atoms with E-state index in [-0.39, 0.29) is 5.54 Å². The van der Waals surface area contributed by atoms with Crippen molar-refractivity contribution in [3.63, 3.8) is 0 Å². The lowest BCUT2D eigenvalue weighted by molar-refractivity contribution is 0.0743. The van der Waals surface area contributed by atoms with Crippen LogP contribution in [0.2, 0.25) is 0 Å². The zero-order valence-electron chi connectivity index (χ0n) is 12.8. The smallest absolute Gasteiger partial charge is 0.119 e. The zero-order chi connectivity index (χ0) is 14.4. The first-order chi connectivity index (χ1) is 9.62. The summed E-state index contributed by atoms with van der Waals surface area (Å²) in [7, 11) is 0. The largest absolute Gasteiger partial charge is 0.494 e. The molecule has 1 fully saturated rings. The molecule has 0 aromatic heterocycles. The average Bonchev–Trinajstić information content (AvgIpc) is 2.43. The standard InChI is InChI=1S/C16H26N2O2/c1-4-19-14-5-7-15(8-6-14)20-12-11-18-10-9-17-13-16(18,2)3/h5-8,17H,4,9-13H2,1-3H3. The van der Waals surface area contributed by atoms with Crippen LogP contribution < -0.4 is 14.8 Å². The Hall–Kier alpha value is -1.26. The van der Waals surface area contributed by atoms with Gasteiger partial charge in [-0.15, -0.1) is 0 Å². The summed E-state index contributed by atoms with van der Waals surface area (Å²) < 4.78 is 11.2. The van der Waals surface area contributed by atoms with Crippen molar-refractivity contribution >= 4 is 0 Å². The SMILES string of the molecule is CCOc1ccc(OCCN2CCNCC2(C)C)cc1. The highest BCUT2D eigenvalue weighted by Gasteiger charge is 2.28. The lowest BCUT2D eigenvalue weighted by atomic mass is 10.0. The molecule has 1 heterocycles. The molecule has 0 spiro atoms. The quantitative estimate of drug-likeness (QED) is 0.864. The van der Waals surface area contributed by atoms with E-state index >= 15 is 0 Å². The van der Waals surface area contributed by atoms with Crippen LogP contribution in [0.1, 0.15) is 20.8 Å².